The van der Waals surface area contributed by atoms with Gasteiger partial charge in [0.15, 0.2) is 11.5 Å². The molecule has 1 atom stereocenters. The van der Waals surface area contributed by atoms with Gasteiger partial charge in [-0.15, -0.1) is 9.78 Å². The monoisotopic (exact) mass is 463 g/mol. The quantitative estimate of drug-likeness (QED) is 0.268. The van der Waals surface area contributed by atoms with E-state index in [1.54, 1.807) is 30.3 Å². The lowest BCUT2D eigenvalue weighted by Gasteiger charge is -2.18. The summed E-state index contributed by atoms with van der Waals surface area (Å²) < 4.78 is 26.0. The zero-order valence-corrected chi connectivity index (χ0v) is 18.4. The van der Waals surface area contributed by atoms with Crippen LogP contribution in [0.25, 0.3) is 5.95 Å². The molecule has 0 bridgehead atoms. The topological polar surface area (TPSA) is 145 Å². The molecule has 4 aromatic rings. The highest BCUT2D eigenvalue weighted by atomic mass is 19.1. The summed E-state index contributed by atoms with van der Waals surface area (Å²) in [4.78, 5) is 23.6. The lowest BCUT2D eigenvalue weighted by atomic mass is 9.90. The molecular formula is C23H22FN7O3. The Morgan fingerprint density at radius 1 is 1.15 bits per heavy atom. The Bertz CT molecular complexity index is 1340. The maximum Gasteiger partial charge on any atom is 0.350 e. The third-order valence-corrected chi connectivity index (χ3v) is 5.28. The van der Waals surface area contributed by atoms with E-state index in [9.17, 15) is 9.18 Å². The van der Waals surface area contributed by atoms with Gasteiger partial charge in [0.1, 0.15) is 11.7 Å². The van der Waals surface area contributed by atoms with Crippen molar-refractivity contribution in [3.8, 4) is 17.4 Å². The van der Waals surface area contributed by atoms with Gasteiger partial charge in [-0.2, -0.15) is 4.39 Å². The first-order chi connectivity index (χ1) is 16.4. The fourth-order valence-electron chi connectivity index (χ4n) is 3.55. The summed E-state index contributed by atoms with van der Waals surface area (Å²) in [5.41, 5.74) is 7.12. The molecule has 34 heavy (non-hydrogen) atoms. The maximum atomic E-state index is 14.6. The van der Waals surface area contributed by atoms with Gasteiger partial charge in [-0.05, 0) is 35.7 Å². The largest absolute Gasteiger partial charge is 0.494 e. The van der Waals surface area contributed by atoms with Crippen LogP contribution < -0.4 is 20.9 Å². The van der Waals surface area contributed by atoms with Crippen molar-refractivity contribution in [2.75, 3.05) is 14.2 Å². The van der Waals surface area contributed by atoms with E-state index in [-0.39, 0.29) is 23.3 Å². The van der Waals surface area contributed by atoms with Crippen LogP contribution in [0.1, 0.15) is 28.4 Å². The molecule has 1 unspecified atom stereocenters. The van der Waals surface area contributed by atoms with Gasteiger partial charge in [-0.1, -0.05) is 24.3 Å². The molecule has 174 valence electrons. The number of rotatable bonds is 8. The number of nitrogen functional groups attached to an aromatic ring is 1. The summed E-state index contributed by atoms with van der Waals surface area (Å²) >= 11 is 0. The highest BCUT2D eigenvalue weighted by molar-refractivity contribution is 5.94. The van der Waals surface area contributed by atoms with E-state index in [2.05, 4.69) is 20.1 Å². The van der Waals surface area contributed by atoms with Gasteiger partial charge >= 0.3 is 5.69 Å². The molecule has 0 saturated heterocycles. The first kappa shape index (κ1) is 22.6. The first-order valence-electron chi connectivity index (χ1n) is 10.2. The molecule has 4 rings (SSSR count). The minimum Gasteiger partial charge on any atom is -0.494 e. The van der Waals surface area contributed by atoms with Crippen LogP contribution in [0.5, 0.6) is 11.5 Å². The first-order valence-corrected chi connectivity index (χ1v) is 10.2. The van der Waals surface area contributed by atoms with Crippen LogP contribution in [0, 0.1) is 11.2 Å². The summed E-state index contributed by atoms with van der Waals surface area (Å²) in [7, 11) is 2.72. The maximum absolute atomic E-state index is 14.6. The average molecular weight is 463 g/mol. The number of aromatic amines is 1. The number of hydrogen-bond acceptors (Lipinski definition) is 7. The Hall–Kier alpha value is -4.54. The number of nitrogens with one attached hydrogen (secondary N) is 2. The van der Waals surface area contributed by atoms with Crippen LogP contribution in [0.3, 0.4) is 0 Å². The van der Waals surface area contributed by atoms with Crippen molar-refractivity contribution in [3.05, 3.63) is 93.7 Å². The average Bonchev–Trinajstić information content (AvgIpc) is 3.24. The zero-order valence-electron chi connectivity index (χ0n) is 18.4. The van der Waals surface area contributed by atoms with Crippen LogP contribution in [0.4, 0.5) is 4.39 Å². The normalized spacial score (nSPS) is 11.7. The molecule has 4 N–H and O–H groups in total. The van der Waals surface area contributed by atoms with Crippen molar-refractivity contribution in [1.82, 2.24) is 24.7 Å². The molecule has 2 aromatic carbocycles. The van der Waals surface area contributed by atoms with E-state index in [1.807, 2.05) is 12.1 Å². The van der Waals surface area contributed by atoms with Crippen molar-refractivity contribution in [3.63, 3.8) is 0 Å². The third-order valence-electron chi connectivity index (χ3n) is 5.28. The second kappa shape index (κ2) is 9.53. The minimum atomic E-state index is -0.630. The van der Waals surface area contributed by atoms with Crippen LogP contribution in [0.15, 0.2) is 59.7 Å². The predicted molar refractivity (Wildman–Crippen MR) is 122 cm³/mol. The van der Waals surface area contributed by atoms with Crippen molar-refractivity contribution in [1.29, 1.82) is 5.41 Å². The van der Waals surface area contributed by atoms with E-state index in [0.717, 1.165) is 10.2 Å². The van der Waals surface area contributed by atoms with Crippen molar-refractivity contribution in [2.45, 2.75) is 12.3 Å². The molecule has 10 nitrogen and oxygen atoms in total. The Kier molecular flexibility index (Phi) is 6.35. The molecule has 2 aromatic heterocycles. The summed E-state index contributed by atoms with van der Waals surface area (Å²) in [5.74, 6) is -0.738. The van der Waals surface area contributed by atoms with Crippen molar-refractivity contribution >= 4 is 5.84 Å². The van der Waals surface area contributed by atoms with Gasteiger partial charge in [0.2, 0.25) is 5.82 Å². The smallest absolute Gasteiger partial charge is 0.350 e. The van der Waals surface area contributed by atoms with Crippen molar-refractivity contribution < 1.29 is 13.9 Å². The summed E-state index contributed by atoms with van der Waals surface area (Å²) in [6.45, 7) is 0. The number of amidine groups is 1. The number of ether oxygens (including phenoxy) is 2. The minimum absolute atomic E-state index is 0.000509. The SMILES string of the molecule is COc1cc(C(Cc2ccc(C(=N)N)cc2)c2nn(-c3ncccn3)c(=O)[nH]2)cc(OC)c1F. The molecule has 0 saturated carbocycles. The van der Waals surface area contributed by atoms with Gasteiger partial charge in [0.25, 0.3) is 5.95 Å². The van der Waals surface area contributed by atoms with Crippen molar-refractivity contribution in [2.24, 2.45) is 5.73 Å². The molecule has 0 aliphatic rings. The summed E-state index contributed by atoms with van der Waals surface area (Å²) in [6.07, 6.45) is 3.40. The Morgan fingerprint density at radius 2 is 1.76 bits per heavy atom. The van der Waals surface area contributed by atoms with Crippen LogP contribution in [-0.2, 0) is 6.42 Å². The molecule has 0 aliphatic heterocycles. The van der Waals surface area contributed by atoms with Gasteiger partial charge in [0.05, 0.1) is 14.2 Å². The molecule has 0 amide bonds. The number of nitrogens with zero attached hydrogens (tertiary/aromatic N) is 4. The molecule has 0 fully saturated rings. The number of benzene rings is 2. The molecule has 11 heteroatoms. The van der Waals surface area contributed by atoms with E-state index in [0.29, 0.717) is 23.4 Å². The van der Waals surface area contributed by atoms with E-state index in [4.69, 9.17) is 20.6 Å². The zero-order chi connectivity index (χ0) is 24.2. The highest BCUT2D eigenvalue weighted by Gasteiger charge is 2.24. The Labute approximate surface area is 193 Å². The number of aromatic nitrogens is 5. The summed E-state index contributed by atoms with van der Waals surface area (Å²) in [6, 6.07) is 11.9. The van der Waals surface area contributed by atoms with E-state index >= 15 is 0 Å². The molecule has 2 heterocycles. The van der Waals surface area contributed by atoms with Crippen LogP contribution in [-0.4, -0.2) is 44.8 Å². The molecule has 0 spiro atoms. The second-order valence-corrected chi connectivity index (χ2v) is 7.38. The lowest BCUT2D eigenvalue weighted by molar-refractivity contribution is 0.349. The Morgan fingerprint density at radius 3 is 2.32 bits per heavy atom. The van der Waals surface area contributed by atoms with Crippen LogP contribution >= 0.6 is 0 Å². The summed E-state index contributed by atoms with van der Waals surface area (Å²) in [5, 5.41) is 12.0. The molecule has 0 radical (unpaired) electrons. The van der Waals surface area contributed by atoms with Crippen LogP contribution in [0.2, 0.25) is 0 Å². The number of H-pyrrole nitrogens is 1. The molecular weight excluding hydrogens is 441 g/mol. The van der Waals surface area contributed by atoms with E-state index in [1.165, 1.54) is 26.6 Å². The number of methoxy groups -OCH3 is 2. The lowest BCUT2D eigenvalue weighted by Crippen LogP contribution is -2.18. The number of nitrogens with two attached hydrogens (primary N) is 1. The predicted octanol–water partition coefficient (Wildman–Crippen LogP) is 2.17. The van der Waals surface area contributed by atoms with Gasteiger partial charge in [0, 0.05) is 23.9 Å². The second-order valence-electron chi connectivity index (χ2n) is 7.38. The van der Waals surface area contributed by atoms with Gasteiger partial charge in [-0.3, -0.25) is 10.4 Å². The molecule has 0 aliphatic carbocycles. The van der Waals surface area contributed by atoms with Gasteiger partial charge in [-0.25, -0.2) is 14.8 Å². The number of hydrogen-bond donors (Lipinski definition) is 3. The van der Waals surface area contributed by atoms with E-state index < -0.39 is 17.4 Å². The third kappa shape index (κ3) is 4.49. The highest BCUT2D eigenvalue weighted by Crippen LogP contribution is 2.35. The fourth-order valence-corrected chi connectivity index (χ4v) is 3.55. The standard InChI is InChI=1S/C23H22FN7O3/c1-33-17-11-15(12-18(34-2)19(17)24)16(10-13-4-6-14(7-5-13)20(25)26)21-29-23(32)31(30-21)22-27-8-3-9-28-22/h3-9,11-12,16H,10H2,1-2H3,(H3,25,26)(H,29,30,32). The fraction of sp³-hybridized carbons (Fsp3) is 0.174. The van der Waals surface area contributed by atoms with Gasteiger partial charge < -0.3 is 15.2 Å². The Balaban J connectivity index is 1.82. The number of halogens is 1.